The molecule has 1 atom stereocenters. The van der Waals surface area contributed by atoms with Gasteiger partial charge in [-0.05, 0) is 48.7 Å². The molecule has 0 aromatic heterocycles. The van der Waals surface area contributed by atoms with E-state index in [-0.39, 0.29) is 6.17 Å². The predicted molar refractivity (Wildman–Crippen MR) is 84.4 cm³/mol. The van der Waals surface area contributed by atoms with Crippen LogP contribution in [-0.4, -0.2) is 12.7 Å². The Morgan fingerprint density at radius 3 is 2.39 bits per heavy atom. The lowest BCUT2D eigenvalue weighted by atomic mass is 10.1. The fourth-order valence-electron chi connectivity index (χ4n) is 3.67. The molecule has 2 aliphatic heterocycles. The second-order valence-corrected chi connectivity index (χ2v) is 6.12. The Balaban J connectivity index is 1.69. The molecule has 120 valence electrons. The van der Waals surface area contributed by atoms with Crippen molar-refractivity contribution in [1.82, 2.24) is 0 Å². The van der Waals surface area contributed by atoms with Crippen molar-refractivity contribution in [3.63, 3.8) is 0 Å². The highest BCUT2D eigenvalue weighted by Gasteiger charge is 2.36. The van der Waals surface area contributed by atoms with Crippen molar-refractivity contribution in [2.75, 3.05) is 16.3 Å². The summed E-state index contributed by atoms with van der Waals surface area (Å²) in [6.45, 7) is 1.74. The van der Waals surface area contributed by atoms with Crippen LogP contribution in [-0.2, 0) is 12.7 Å². The van der Waals surface area contributed by atoms with Crippen LogP contribution in [0.25, 0.3) is 0 Å². The standard InChI is InChI=1S/C18H17F3N2/c19-18(20,21)14-7-9-15(10-8-14)23-12-13-4-1-2-5-16(13)22-11-3-6-17(22)23/h1-2,4-5,7-10,17H,3,6,11-12H2. The van der Waals surface area contributed by atoms with Gasteiger partial charge in [-0.25, -0.2) is 0 Å². The zero-order valence-corrected chi connectivity index (χ0v) is 12.6. The monoisotopic (exact) mass is 318 g/mol. The van der Waals surface area contributed by atoms with Crippen molar-refractivity contribution in [2.45, 2.75) is 31.7 Å². The molecule has 23 heavy (non-hydrogen) atoms. The third-order valence-electron chi connectivity index (χ3n) is 4.75. The van der Waals surface area contributed by atoms with Gasteiger partial charge in [-0.2, -0.15) is 13.2 Å². The molecule has 2 heterocycles. The van der Waals surface area contributed by atoms with Crippen LogP contribution in [0.5, 0.6) is 0 Å². The third kappa shape index (κ3) is 2.44. The van der Waals surface area contributed by atoms with Crippen LogP contribution in [0.3, 0.4) is 0 Å². The van der Waals surface area contributed by atoms with E-state index in [4.69, 9.17) is 0 Å². The van der Waals surface area contributed by atoms with Gasteiger partial charge in [0.15, 0.2) is 0 Å². The predicted octanol–water partition coefficient (Wildman–Crippen LogP) is 4.65. The summed E-state index contributed by atoms with van der Waals surface area (Å²) in [5, 5.41) is 0. The van der Waals surface area contributed by atoms with Gasteiger partial charge in [0.25, 0.3) is 0 Å². The molecule has 2 aromatic carbocycles. The number of benzene rings is 2. The van der Waals surface area contributed by atoms with Gasteiger partial charge in [0.2, 0.25) is 0 Å². The highest BCUT2D eigenvalue weighted by Crippen LogP contribution is 2.39. The number of hydrogen-bond acceptors (Lipinski definition) is 2. The van der Waals surface area contributed by atoms with Gasteiger partial charge >= 0.3 is 6.18 Å². The summed E-state index contributed by atoms with van der Waals surface area (Å²) in [6, 6.07) is 13.8. The Hall–Kier alpha value is -2.17. The van der Waals surface area contributed by atoms with Gasteiger partial charge in [0.05, 0.1) is 5.56 Å². The van der Waals surface area contributed by atoms with E-state index in [0.29, 0.717) is 0 Å². The molecule has 0 amide bonds. The fourth-order valence-corrected chi connectivity index (χ4v) is 3.67. The second kappa shape index (κ2) is 5.18. The number of rotatable bonds is 1. The minimum Gasteiger partial charge on any atom is -0.351 e. The SMILES string of the molecule is FC(F)(F)c1ccc(N2Cc3ccccc3N3CCCC23)cc1. The Morgan fingerprint density at radius 1 is 0.913 bits per heavy atom. The second-order valence-electron chi connectivity index (χ2n) is 6.12. The van der Waals surface area contributed by atoms with Crippen LogP contribution in [0.4, 0.5) is 24.5 Å². The molecule has 0 N–H and O–H groups in total. The summed E-state index contributed by atoms with van der Waals surface area (Å²) in [5.41, 5.74) is 2.75. The Labute approximate surface area is 133 Å². The molecule has 0 saturated carbocycles. The maximum absolute atomic E-state index is 12.8. The van der Waals surface area contributed by atoms with Crippen LogP contribution in [0.2, 0.25) is 0 Å². The smallest absolute Gasteiger partial charge is 0.351 e. The molecule has 5 heteroatoms. The highest BCUT2D eigenvalue weighted by molar-refractivity contribution is 5.63. The molecular formula is C18H17F3N2. The molecule has 0 bridgehead atoms. The lowest BCUT2D eigenvalue weighted by molar-refractivity contribution is -0.137. The number of halogens is 3. The zero-order valence-electron chi connectivity index (χ0n) is 12.6. The molecule has 2 aromatic rings. The summed E-state index contributed by atoms with van der Waals surface area (Å²) in [6.07, 6.45) is -1.90. The lowest BCUT2D eigenvalue weighted by Gasteiger charge is -2.43. The summed E-state index contributed by atoms with van der Waals surface area (Å²) in [7, 11) is 0. The van der Waals surface area contributed by atoms with Crippen LogP contribution in [0, 0.1) is 0 Å². The molecule has 1 unspecified atom stereocenters. The Kier molecular flexibility index (Phi) is 3.25. The van der Waals surface area contributed by atoms with Crippen LogP contribution >= 0.6 is 0 Å². The molecule has 0 spiro atoms. The van der Waals surface area contributed by atoms with Crippen molar-refractivity contribution >= 4 is 11.4 Å². The zero-order chi connectivity index (χ0) is 16.0. The maximum Gasteiger partial charge on any atom is 0.416 e. The molecule has 2 nitrogen and oxygen atoms in total. The van der Waals surface area contributed by atoms with Gasteiger partial charge in [-0.15, -0.1) is 0 Å². The number of alkyl halides is 3. The van der Waals surface area contributed by atoms with E-state index in [1.165, 1.54) is 23.4 Å². The highest BCUT2D eigenvalue weighted by atomic mass is 19.4. The first kappa shape index (κ1) is 14.4. The number of anilines is 2. The van der Waals surface area contributed by atoms with Crippen molar-refractivity contribution in [1.29, 1.82) is 0 Å². The minimum absolute atomic E-state index is 0.238. The quantitative estimate of drug-likeness (QED) is 0.755. The first-order valence-electron chi connectivity index (χ1n) is 7.82. The summed E-state index contributed by atoms with van der Waals surface area (Å²) in [5.74, 6) is 0. The molecule has 0 radical (unpaired) electrons. The first-order chi connectivity index (χ1) is 11.0. The van der Waals surface area contributed by atoms with Gasteiger partial charge in [0, 0.05) is 24.5 Å². The normalized spacial score (nSPS) is 20.4. The minimum atomic E-state index is -4.29. The van der Waals surface area contributed by atoms with E-state index in [1.54, 1.807) is 12.1 Å². The molecule has 1 saturated heterocycles. The topological polar surface area (TPSA) is 6.48 Å². The van der Waals surface area contributed by atoms with Gasteiger partial charge in [-0.1, -0.05) is 18.2 Å². The summed E-state index contributed by atoms with van der Waals surface area (Å²) < 4.78 is 38.3. The Morgan fingerprint density at radius 2 is 1.65 bits per heavy atom. The van der Waals surface area contributed by atoms with E-state index in [9.17, 15) is 13.2 Å². The van der Waals surface area contributed by atoms with Crippen molar-refractivity contribution in [3.05, 3.63) is 59.7 Å². The van der Waals surface area contributed by atoms with Crippen LogP contribution in [0.1, 0.15) is 24.0 Å². The van der Waals surface area contributed by atoms with Crippen molar-refractivity contribution in [2.24, 2.45) is 0 Å². The fraction of sp³-hybridized carbons (Fsp3) is 0.333. The van der Waals surface area contributed by atoms with Gasteiger partial charge < -0.3 is 9.80 Å². The van der Waals surface area contributed by atoms with Crippen molar-refractivity contribution in [3.8, 4) is 0 Å². The number of hydrogen-bond donors (Lipinski definition) is 0. The van der Waals surface area contributed by atoms with E-state index in [0.717, 1.165) is 31.6 Å². The van der Waals surface area contributed by atoms with Gasteiger partial charge in [0.1, 0.15) is 6.17 Å². The summed E-state index contributed by atoms with van der Waals surface area (Å²) >= 11 is 0. The number of fused-ring (bicyclic) bond motifs is 3. The average molecular weight is 318 g/mol. The van der Waals surface area contributed by atoms with Crippen LogP contribution in [0.15, 0.2) is 48.5 Å². The van der Waals surface area contributed by atoms with Crippen LogP contribution < -0.4 is 9.80 Å². The third-order valence-corrected chi connectivity index (χ3v) is 4.75. The number of nitrogens with zero attached hydrogens (tertiary/aromatic N) is 2. The number of para-hydroxylation sites is 1. The van der Waals surface area contributed by atoms with E-state index in [2.05, 4.69) is 21.9 Å². The van der Waals surface area contributed by atoms with E-state index in [1.807, 2.05) is 12.1 Å². The summed E-state index contributed by atoms with van der Waals surface area (Å²) in [4.78, 5) is 4.59. The molecule has 4 rings (SSSR count). The van der Waals surface area contributed by atoms with E-state index < -0.39 is 11.7 Å². The average Bonchev–Trinajstić information content (AvgIpc) is 3.03. The maximum atomic E-state index is 12.8. The van der Waals surface area contributed by atoms with Crippen molar-refractivity contribution < 1.29 is 13.2 Å². The lowest BCUT2D eigenvalue weighted by Crippen LogP contribution is -2.48. The molecular weight excluding hydrogens is 301 g/mol. The first-order valence-corrected chi connectivity index (χ1v) is 7.82. The largest absolute Gasteiger partial charge is 0.416 e. The van der Waals surface area contributed by atoms with E-state index >= 15 is 0 Å². The Bertz CT molecular complexity index is 709. The molecule has 1 fully saturated rings. The molecule has 0 aliphatic carbocycles. The van der Waals surface area contributed by atoms with Gasteiger partial charge in [-0.3, -0.25) is 0 Å². The molecule has 2 aliphatic rings.